The highest BCUT2D eigenvalue weighted by atomic mass is 16.1. The van der Waals surface area contributed by atoms with Gasteiger partial charge in [0.15, 0.2) is 0 Å². The van der Waals surface area contributed by atoms with Gasteiger partial charge < -0.3 is 10.6 Å². The number of carbonyl (C=O) groups excluding carboxylic acids is 1. The van der Waals surface area contributed by atoms with Crippen LogP contribution in [-0.4, -0.2) is 25.0 Å². The molecular formula is C11H22N2O. The Morgan fingerprint density at radius 1 is 1.50 bits per heavy atom. The van der Waals surface area contributed by atoms with Crippen molar-refractivity contribution < 1.29 is 4.79 Å². The number of rotatable bonds is 3. The predicted molar refractivity (Wildman–Crippen MR) is 58.0 cm³/mol. The van der Waals surface area contributed by atoms with Gasteiger partial charge in [-0.3, -0.25) is 4.79 Å². The van der Waals surface area contributed by atoms with Gasteiger partial charge in [0.05, 0.1) is 0 Å². The van der Waals surface area contributed by atoms with E-state index in [0.717, 1.165) is 13.1 Å². The van der Waals surface area contributed by atoms with Crippen LogP contribution in [-0.2, 0) is 4.79 Å². The fourth-order valence-corrected chi connectivity index (χ4v) is 1.68. The molecule has 2 unspecified atom stereocenters. The van der Waals surface area contributed by atoms with Crippen LogP contribution in [0.2, 0.25) is 0 Å². The number of hydrogen-bond donors (Lipinski definition) is 2. The van der Waals surface area contributed by atoms with Gasteiger partial charge in [-0.2, -0.15) is 0 Å². The Balaban J connectivity index is 2.16. The van der Waals surface area contributed by atoms with E-state index in [9.17, 15) is 4.79 Å². The normalized spacial score (nSPS) is 27.7. The van der Waals surface area contributed by atoms with E-state index >= 15 is 0 Å². The summed E-state index contributed by atoms with van der Waals surface area (Å²) in [7, 11) is 0. The van der Waals surface area contributed by atoms with Gasteiger partial charge >= 0.3 is 0 Å². The minimum absolute atomic E-state index is 0.102. The molecule has 0 radical (unpaired) electrons. The molecule has 1 aliphatic heterocycles. The minimum Gasteiger partial charge on any atom is -0.356 e. The highest BCUT2D eigenvalue weighted by Crippen LogP contribution is 2.12. The van der Waals surface area contributed by atoms with E-state index in [4.69, 9.17) is 0 Å². The summed E-state index contributed by atoms with van der Waals surface area (Å²) >= 11 is 0. The van der Waals surface area contributed by atoms with Crippen molar-refractivity contribution in [3.8, 4) is 0 Å². The highest BCUT2D eigenvalue weighted by Gasteiger charge is 2.18. The number of carbonyl (C=O) groups is 1. The first-order chi connectivity index (χ1) is 6.59. The lowest BCUT2D eigenvalue weighted by molar-refractivity contribution is -0.124. The number of piperidine rings is 1. The van der Waals surface area contributed by atoms with Crippen molar-refractivity contribution in [3.63, 3.8) is 0 Å². The molecule has 1 saturated heterocycles. The molecule has 2 atom stereocenters. The van der Waals surface area contributed by atoms with Crippen LogP contribution in [0.1, 0.15) is 33.6 Å². The van der Waals surface area contributed by atoms with Crippen molar-refractivity contribution >= 4 is 5.91 Å². The van der Waals surface area contributed by atoms with Crippen LogP contribution in [0.5, 0.6) is 0 Å². The Bertz CT molecular complexity index is 184. The number of hydrogen-bond acceptors (Lipinski definition) is 2. The van der Waals surface area contributed by atoms with E-state index in [1.165, 1.54) is 12.8 Å². The molecule has 14 heavy (non-hydrogen) atoms. The zero-order valence-corrected chi connectivity index (χ0v) is 9.47. The molecular weight excluding hydrogens is 176 g/mol. The second kappa shape index (κ2) is 5.35. The lowest BCUT2D eigenvalue weighted by atomic mass is 9.95. The van der Waals surface area contributed by atoms with Crippen molar-refractivity contribution in [3.05, 3.63) is 0 Å². The molecule has 1 aliphatic rings. The SMILES string of the molecule is CC1CCC(CNC(=O)C(C)C)CN1. The number of nitrogens with one attached hydrogen (secondary N) is 2. The molecule has 0 saturated carbocycles. The second-order valence-electron chi connectivity index (χ2n) is 4.65. The highest BCUT2D eigenvalue weighted by molar-refractivity contribution is 5.77. The van der Waals surface area contributed by atoms with Gasteiger partial charge in [-0.05, 0) is 32.2 Å². The van der Waals surface area contributed by atoms with Crippen molar-refractivity contribution in [2.45, 2.75) is 39.7 Å². The summed E-state index contributed by atoms with van der Waals surface area (Å²) in [6, 6.07) is 0.645. The van der Waals surface area contributed by atoms with Crippen LogP contribution in [0.25, 0.3) is 0 Å². The van der Waals surface area contributed by atoms with Gasteiger partial charge in [-0.15, -0.1) is 0 Å². The molecule has 0 bridgehead atoms. The van der Waals surface area contributed by atoms with Crippen LogP contribution in [0.3, 0.4) is 0 Å². The first-order valence-electron chi connectivity index (χ1n) is 5.60. The largest absolute Gasteiger partial charge is 0.356 e. The monoisotopic (exact) mass is 198 g/mol. The molecule has 1 fully saturated rings. The third-order valence-corrected chi connectivity index (χ3v) is 2.85. The Hall–Kier alpha value is -0.570. The van der Waals surface area contributed by atoms with E-state index in [1.54, 1.807) is 0 Å². The zero-order chi connectivity index (χ0) is 10.6. The van der Waals surface area contributed by atoms with E-state index in [2.05, 4.69) is 17.6 Å². The average Bonchev–Trinajstić information content (AvgIpc) is 2.16. The van der Waals surface area contributed by atoms with Crippen LogP contribution in [0.4, 0.5) is 0 Å². The average molecular weight is 198 g/mol. The van der Waals surface area contributed by atoms with Gasteiger partial charge in [0.1, 0.15) is 0 Å². The summed E-state index contributed by atoms with van der Waals surface area (Å²) in [5.41, 5.74) is 0. The number of amides is 1. The van der Waals surface area contributed by atoms with Crippen LogP contribution in [0, 0.1) is 11.8 Å². The molecule has 0 spiro atoms. The molecule has 3 nitrogen and oxygen atoms in total. The summed E-state index contributed by atoms with van der Waals surface area (Å²) in [4.78, 5) is 11.3. The summed E-state index contributed by atoms with van der Waals surface area (Å²) in [5, 5.41) is 6.42. The molecule has 1 amide bonds. The van der Waals surface area contributed by atoms with E-state index in [0.29, 0.717) is 12.0 Å². The quantitative estimate of drug-likeness (QED) is 0.714. The second-order valence-corrected chi connectivity index (χ2v) is 4.65. The van der Waals surface area contributed by atoms with Crippen molar-refractivity contribution in [2.75, 3.05) is 13.1 Å². The minimum atomic E-state index is 0.102. The maximum atomic E-state index is 11.3. The summed E-state index contributed by atoms with van der Waals surface area (Å²) < 4.78 is 0. The van der Waals surface area contributed by atoms with Crippen LogP contribution in [0.15, 0.2) is 0 Å². The summed E-state index contributed by atoms with van der Waals surface area (Å²) in [6.45, 7) is 7.94. The fraction of sp³-hybridized carbons (Fsp3) is 0.909. The fourth-order valence-electron chi connectivity index (χ4n) is 1.68. The lowest BCUT2D eigenvalue weighted by Gasteiger charge is -2.27. The topological polar surface area (TPSA) is 41.1 Å². The molecule has 0 aliphatic carbocycles. The Kier molecular flexibility index (Phi) is 4.39. The first-order valence-corrected chi connectivity index (χ1v) is 5.60. The molecule has 3 heteroatoms. The molecule has 1 rings (SSSR count). The standard InChI is InChI=1S/C11H22N2O/c1-8(2)11(14)13-7-10-5-4-9(3)12-6-10/h8-10,12H,4-7H2,1-3H3,(H,13,14). The lowest BCUT2D eigenvalue weighted by Crippen LogP contribution is -2.42. The maximum absolute atomic E-state index is 11.3. The summed E-state index contributed by atoms with van der Waals surface area (Å²) in [6.07, 6.45) is 2.45. The van der Waals surface area contributed by atoms with Crippen molar-refractivity contribution in [1.82, 2.24) is 10.6 Å². The van der Waals surface area contributed by atoms with Gasteiger partial charge in [0.25, 0.3) is 0 Å². The van der Waals surface area contributed by atoms with E-state index in [-0.39, 0.29) is 11.8 Å². The van der Waals surface area contributed by atoms with Gasteiger partial charge in [-0.1, -0.05) is 13.8 Å². The van der Waals surface area contributed by atoms with Crippen LogP contribution < -0.4 is 10.6 Å². The Labute approximate surface area is 86.6 Å². The van der Waals surface area contributed by atoms with Crippen molar-refractivity contribution in [1.29, 1.82) is 0 Å². The molecule has 0 aromatic heterocycles. The van der Waals surface area contributed by atoms with E-state index < -0.39 is 0 Å². The van der Waals surface area contributed by atoms with Crippen molar-refractivity contribution in [2.24, 2.45) is 11.8 Å². The van der Waals surface area contributed by atoms with Crippen LogP contribution >= 0.6 is 0 Å². The smallest absolute Gasteiger partial charge is 0.222 e. The Morgan fingerprint density at radius 3 is 2.71 bits per heavy atom. The molecule has 0 aromatic carbocycles. The predicted octanol–water partition coefficient (Wildman–Crippen LogP) is 1.15. The molecule has 2 N–H and O–H groups in total. The first kappa shape index (κ1) is 11.5. The van der Waals surface area contributed by atoms with Gasteiger partial charge in [0.2, 0.25) is 5.91 Å². The van der Waals surface area contributed by atoms with E-state index in [1.807, 2.05) is 13.8 Å². The molecule has 82 valence electrons. The Morgan fingerprint density at radius 2 is 2.21 bits per heavy atom. The van der Waals surface area contributed by atoms with Gasteiger partial charge in [0, 0.05) is 18.5 Å². The third-order valence-electron chi connectivity index (χ3n) is 2.85. The maximum Gasteiger partial charge on any atom is 0.222 e. The zero-order valence-electron chi connectivity index (χ0n) is 9.47. The molecule has 1 heterocycles. The molecule has 0 aromatic rings. The van der Waals surface area contributed by atoms with Gasteiger partial charge in [-0.25, -0.2) is 0 Å². The summed E-state index contributed by atoms with van der Waals surface area (Å²) in [5.74, 6) is 0.892. The third kappa shape index (κ3) is 3.66.